The number of rotatable bonds is 1. The van der Waals surface area contributed by atoms with Crippen LogP contribution in [0.5, 0.6) is 0 Å². The number of aromatic nitrogens is 2. The molecule has 2 heterocycles. The molecule has 1 aromatic carbocycles. The fraction of sp³-hybridized carbons (Fsp3) is 0.308. The molecule has 16 heavy (non-hydrogen) atoms. The van der Waals surface area contributed by atoms with Crippen LogP contribution in [-0.2, 0) is 7.05 Å². The van der Waals surface area contributed by atoms with Gasteiger partial charge in [0.15, 0.2) is 0 Å². The van der Waals surface area contributed by atoms with Crippen LogP contribution in [0.1, 0.15) is 23.5 Å². The van der Waals surface area contributed by atoms with Gasteiger partial charge in [-0.25, -0.2) is 0 Å². The first kappa shape index (κ1) is 9.46. The molecule has 1 N–H and O–H groups in total. The van der Waals surface area contributed by atoms with E-state index >= 15 is 0 Å². The van der Waals surface area contributed by atoms with E-state index in [1.807, 2.05) is 17.9 Å². The fourth-order valence-electron chi connectivity index (χ4n) is 2.45. The summed E-state index contributed by atoms with van der Waals surface area (Å²) in [5.74, 6) is 1.66. The lowest BCUT2D eigenvalue weighted by Gasteiger charge is -2.24. The Morgan fingerprint density at radius 1 is 1.31 bits per heavy atom. The Labute approximate surface area is 95.1 Å². The minimum absolute atomic E-state index is 0.492. The van der Waals surface area contributed by atoms with Gasteiger partial charge in [0.05, 0.1) is 6.20 Å². The molecule has 3 heteroatoms. The van der Waals surface area contributed by atoms with Gasteiger partial charge in [-0.3, -0.25) is 4.68 Å². The minimum Gasteiger partial charge on any atom is -0.370 e. The van der Waals surface area contributed by atoms with Gasteiger partial charge in [0, 0.05) is 25.1 Å². The largest absolute Gasteiger partial charge is 0.370 e. The van der Waals surface area contributed by atoms with Crippen molar-refractivity contribution in [3.8, 4) is 0 Å². The third kappa shape index (κ3) is 1.40. The number of hydrogen-bond acceptors (Lipinski definition) is 2. The maximum absolute atomic E-state index is 4.33. The maximum atomic E-state index is 4.33. The zero-order valence-electron chi connectivity index (χ0n) is 9.35. The van der Waals surface area contributed by atoms with E-state index < -0.39 is 0 Å². The van der Waals surface area contributed by atoms with Gasteiger partial charge in [-0.05, 0) is 12.0 Å². The second-order valence-corrected chi connectivity index (χ2v) is 4.25. The lowest BCUT2D eigenvalue weighted by molar-refractivity contribution is 0.699. The lowest BCUT2D eigenvalue weighted by Crippen LogP contribution is -2.18. The molecule has 1 aromatic heterocycles. The van der Waals surface area contributed by atoms with Crippen molar-refractivity contribution in [3.05, 3.63) is 47.7 Å². The zero-order valence-corrected chi connectivity index (χ0v) is 9.35. The van der Waals surface area contributed by atoms with E-state index in [0.29, 0.717) is 5.92 Å². The normalized spacial score (nSPS) is 18.9. The smallest absolute Gasteiger partial charge is 0.127 e. The number of nitrogens with zero attached hydrogens (tertiary/aromatic N) is 2. The highest BCUT2D eigenvalue weighted by Gasteiger charge is 2.24. The topological polar surface area (TPSA) is 29.9 Å². The van der Waals surface area contributed by atoms with E-state index in [9.17, 15) is 0 Å². The average molecular weight is 213 g/mol. The Morgan fingerprint density at radius 2 is 2.12 bits per heavy atom. The van der Waals surface area contributed by atoms with Gasteiger partial charge in [-0.2, -0.15) is 5.10 Å². The van der Waals surface area contributed by atoms with E-state index in [1.54, 1.807) is 0 Å². The first-order chi connectivity index (χ1) is 7.86. The molecule has 0 amide bonds. The van der Waals surface area contributed by atoms with Crippen molar-refractivity contribution in [2.75, 3.05) is 11.9 Å². The molecular formula is C13H15N3. The van der Waals surface area contributed by atoms with E-state index in [2.05, 4.69) is 40.7 Å². The minimum atomic E-state index is 0.492. The summed E-state index contributed by atoms with van der Waals surface area (Å²) in [5, 5.41) is 7.74. The molecule has 3 rings (SSSR count). The lowest BCUT2D eigenvalue weighted by atomic mass is 9.88. The van der Waals surface area contributed by atoms with E-state index in [4.69, 9.17) is 0 Å². The van der Waals surface area contributed by atoms with Crippen LogP contribution in [-0.4, -0.2) is 16.3 Å². The summed E-state index contributed by atoms with van der Waals surface area (Å²) >= 11 is 0. The molecule has 1 aliphatic rings. The Bertz CT molecular complexity index is 487. The Morgan fingerprint density at radius 3 is 2.94 bits per heavy atom. The second-order valence-electron chi connectivity index (χ2n) is 4.25. The molecule has 0 bridgehead atoms. The van der Waals surface area contributed by atoms with Crippen LogP contribution in [0.25, 0.3) is 0 Å². The number of benzene rings is 1. The van der Waals surface area contributed by atoms with Crippen LogP contribution in [0.15, 0.2) is 36.5 Å². The number of nitrogens with one attached hydrogen (secondary N) is 1. The molecule has 3 nitrogen and oxygen atoms in total. The van der Waals surface area contributed by atoms with Crippen LogP contribution < -0.4 is 5.32 Å². The van der Waals surface area contributed by atoms with E-state index in [0.717, 1.165) is 13.0 Å². The van der Waals surface area contributed by atoms with Gasteiger partial charge in [0.25, 0.3) is 0 Å². The van der Waals surface area contributed by atoms with Crippen molar-refractivity contribution in [3.63, 3.8) is 0 Å². The molecule has 0 saturated heterocycles. The van der Waals surface area contributed by atoms with Gasteiger partial charge in [-0.15, -0.1) is 0 Å². The van der Waals surface area contributed by atoms with Crippen LogP contribution in [0, 0.1) is 0 Å². The second kappa shape index (κ2) is 3.67. The van der Waals surface area contributed by atoms with Gasteiger partial charge in [0.2, 0.25) is 0 Å². The van der Waals surface area contributed by atoms with Crippen LogP contribution in [0.2, 0.25) is 0 Å². The summed E-state index contributed by atoms with van der Waals surface area (Å²) in [6.07, 6.45) is 3.13. The van der Waals surface area contributed by atoms with Crippen molar-refractivity contribution >= 4 is 5.82 Å². The van der Waals surface area contributed by atoms with Crippen molar-refractivity contribution in [1.82, 2.24) is 9.78 Å². The summed E-state index contributed by atoms with van der Waals surface area (Å²) in [6, 6.07) is 10.7. The first-order valence-electron chi connectivity index (χ1n) is 5.67. The molecule has 0 spiro atoms. The quantitative estimate of drug-likeness (QED) is 0.788. The summed E-state index contributed by atoms with van der Waals surface area (Å²) in [4.78, 5) is 0. The van der Waals surface area contributed by atoms with Crippen molar-refractivity contribution in [2.24, 2.45) is 7.05 Å². The van der Waals surface area contributed by atoms with Crippen LogP contribution >= 0.6 is 0 Å². The third-order valence-corrected chi connectivity index (χ3v) is 3.27. The highest BCUT2D eigenvalue weighted by Crippen LogP contribution is 2.35. The molecule has 1 atom stereocenters. The number of anilines is 1. The number of hydrogen-bond donors (Lipinski definition) is 1. The van der Waals surface area contributed by atoms with Gasteiger partial charge >= 0.3 is 0 Å². The van der Waals surface area contributed by atoms with Crippen molar-refractivity contribution < 1.29 is 0 Å². The highest BCUT2D eigenvalue weighted by atomic mass is 15.3. The standard InChI is InChI=1S/C13H15N3/c1-16-13-12(9-15-16)11(7-8-14-13)10-5-3-2-4-6-10/h2-6,9,11,14H,7-8H2,1H3/t11-/m1/s1. The Balaban J connectivity index is 2.05. The van der Waals surface area contributed by atoms with Gasteiger partial charge in [-0.1, -0.05) is 30.3 Å². The first-order valence-corrected chi connectivity index (χ1v) is 5.67. The molecule has 82 valence electrons. The Kier molecular flexibility index (Phi) is 2.17. The van der Waals surface area contributed by atoms with Crippen molar-refractivity contribution in [2.45, 2.75) is 12.3 Å². The summed E-state index contributed by atoms with van der Waals surface area (Å²) in [7, 11) is 1.99. The monoisotopic (exact) mass is 213 g/mol. The summed E-state index contributed by atoms with van der Waals surface area (Å²) in [5.41, 5.74) is 2.71. The summed E-state index contributed by atoms with van der Waals surface area (Å²) in [6.45, 7) is 1.02. The van der Waals surface area contributed by atoms with Gasteiger partial charge < -0.3 is 5.32 Å². The van der Waals surface area contributed by atoms with Gasteiger partial charge in [0.1, 0.15) is 5.82 Å². The molecule has 0 fully saturated rings. The molecular weight excluding hydrogens is 198 g/mol. The molecule has 0 unspecified atom stereocenters. The maximum Gasteiger partial charge on any atom is 0.127 e. The fourth-order valence-corrected chi connectivity index (χ4v) is 2.45. The number of aryl methyl sites for hydroxylation is 1. The predicted octanol–water partition coefficient (Wildman–Crippen LogP) is 2.37. The van der Waals surface area contributed by atoms with Crippen molar-refractivity contribution in [1.29, 1.82) is 0 Å². The van der Waals surface area contributed by atoms with Crippen LogP contribution in [0.3, 0.4) is 0 Å². The predicted molar refractivity (Wildman–Crippen MR) is 64.6 cm³/mol. The molecule has 0 aliphatic carbocycles. The molecule has 0 radical (unpaired) electrons. The molecule has 1 aliphatic heterocycles. The zero-order chi connectivity index (χ0) is 11.0. The van der Waals surface area contributed by atoms with Crippen LogP contribution in [0.4, 0.5) is 5.82 Å². The third-order valence-electron chi connectivity index (χ3n) is 3.27. The highest BCUT2D eigenvalue weighted by molar-refractivity contribution is 5.51. The number of fused-ring (bicyclic) bond motifs is 1. The average Bonchev–Trinajstić information content (AvgIpc) is 2.73. The van der Waals surface area contributed by atoms with E-state index in [1.165, 1.54) is 16.9 Å². The Hall–Kier alpha value is -1.77. The molecule has 0 saturated carbocycles. The van der Waals surface area contributed by atoms with E-state index in [-0.39, 0.29) is 0 Å². The molecule has 2 aromatic rings. The summed E-state index contributed by atoms with van der Waals surface area (Å²) < 4.78 is 1.92. The SMILES string of the molecule is Cn1ncc2c1NCC[C@@H]2c1ccccc1.